The minimum atomic E-state index is -0.510. The zero-order chi connectivity index (χ0) is 16.4. The number of amides is 3. The number of carbonyl (C=O) groups excluding carboxylic acids is 2. The molecule has 0 spiro atoms. The largest absolute Gasteiger partial charge is 0.383 e. The minimum absolute atomic E-state index is 0.135. The number of hydrogen-bond acceptors (Lipinski definition) is 5. The number of urea groups is 1. The van der Waals surface area contributed by atoms with Crippen LogP contribution in [0.5, 0.6) is 0 Å². The molecular weight excluding hydrogens is 302 g/mol. The van der Waals surface area contributed by atoms with E-state index in [1.165, 1.54) is 0 Å². The van der Waals surface area contributed by atoms with Gasteiger partial charge >= 0.3 is 6.03 Å². The fraction of sp³-hybridized carbons (Fsp3) is 0.467. The summed E-state index contributed by atoms with van der Waals surface area (Å²) >= 11 is 1.63. The fourth-order valence-corrected chi connectivity index (χ4v) is 2.66. The van der Waals surface area contributed by atoms with Gasteiger partial charge in [-0.3, -0.25) is 15.0 Å². The van der Waals surface area contributed by atoms with Crippen LogP contribution < -0.4 is 10.6 Å². The molecule has 0 radical (unpaired) electrons. The van der Waals surface area contributed by atoms with Crippen molar-refractivity contribution in [1.29, 1.82) is 0 Å². The quantitative estimate of drug-likeness (QED) is 0.677. The Bertz CT molecular complexity index is 476. The Labute approximate surface area is 135 Å². The summed E-state index contributed by atoms with van der Waals surface area (Å²) < 4.78 is 4.92. The molecule has 0 bridgehead atoms. The third kappa shape index (κ3) is 7.35. The number of nitrogens with one attached hydrogen (secondary N) is 2. The van der Waals surface area contributed by atoms with E-state index in [1.54, 1.807) is 31.4 Å². The summed E-state index contributed by atoms with van der Waals surface area (Å²) in [6, 6.07) is 3.31. The smallest absolute Gasteiger partial charge is 0.321 e. The second kappa shape index (κ2) is 10.1. The van der Waals surface area contributed by atoms with E-state index in [0.29, 0.717) is 19.7 Å². The predicted octanol–water partition coefficient (Wildman–Crippen LogP) is 1.60. The van der Waals surface area contributed by atoms with Crippen molar-refractivity contribution in [3.05, 3.63) is 35.0 Å². The van der Waals surface area contributed by atoms with E-state index in [1.807, 2.05) is 22.4 Å². The summed E-state index contributed by atoms with van der Waals surface area (Å²) in [5.74, 6) is -0.347. The Hall–Kier alpha value is -1.70. The average molecular weight is 325 g/mol. The van der Waals surface area contributed by atoms with Crippen LogP contribution in [0.1, 0.15) is 11.8 Å². The van der Waals surface area contributed by atoms with Gasteiger partial charge in [0.15, 0.2) is 0 Å². The summed E-state index contributed by atoms with van der Waals surface area (Å²) in [6.45, 7) is 7.25. The van der Waals surface area contributed by atoms with E-state index in [-0.39, 0.29) is 18.5 Å². The lowest BCUT2D eigenvalue weighted by atomic mass is 10.3. The predicted molar refractivity (Wildman–Crippen MR) is 87.8 cm³/mol. The van der Waals surface area contributed by atoms with Crippen LogP contribution in [0.15, 0.2) is 30.2 Å². The molecule has 1 rings (SSSR count). The van der Waals surface area contributed by atoms with Gasteiger partial charge in [-0.05, 0) is 18.4 Å². The highest BCUT2D eigenvalue weighted by atomic mass is 32.1. The summed E-state index contributed by atoms with van der Waals surface area (Å²) in [5.41, 5.74) is 0. The summed E-state index contributed by atoms with van der Waals surface area (Å²) in [7, 11) is 1.55. The molecule has 0 saturated carbocycles. The van der Waals surface area contributed by atoms with Crippen molar-refractivity contribution in [2.45, 2.75) is 19.5 Å². The Morgan fingerprint density at radius 3 is 2.91 bits per heavy atom. The Morgan fingerprint density at radius 1 is 1.55 bits per heavy atom. The van der Waals surface area contributed by atoms with Gasteiger partial charge in [-0.25, -0.2) is 4.79 Å². The zero-order valence-corrected chi connectivity index (χ0v) is 13.8. The molecule has 7 heteroatoms. The Kier molecular flexibility index (Phi) is 8.42. The Morgan fingerprint density at radius 2 is 2.32 bits per heavy atom. The zero-order valence-electron chi connectivity index (χ0n) is 13.0. The number of carbonyl (C=O) groups is 2. The topological polar surface area (TPSA) is 70.7 Å². The molecule has 1 aromatic rings. The highest BCUT2D eigenvalue weighted by Gasteiger charge is 2.14. The van der Waals surface area contributed by atoms with Crippen LogP contribution in [-0.4, -0.2) is 49.7 Å². The molecule has 1 heterocycles. The molecule has 0 saturated heterocycles. The molecule has 1 aromatic heterocycles. The molecule has 1 unspecified atom stereocenters. The summed E-state index contributed by atoms with van der Waals surface area (Å²) in [6.07, 6.45) is 1.74. The van der Waals surface area contributed by atoms with Crippen molar-refractivity contribution < 1.29 is 14.3 Å². The number of imide groups is 1. The second-order valence-electron chi connectivity index (χ2n) is 4.92. The first-order valence-corrected chi connectivity index (χ1v) is 7.88. The number of rotatable bonds is 9. The SMILES string of the molecule is C=CCN(CC(=O)NC(=O)NC(C)COC)Cc1cccs1. The van der Waals surface area contributed by atoms with Crippen molar-refractivity contribution in [3.63, 3.8) is 0 Å². The molecular formula is C15H23N3O3S. The standard InChI is InChI=1S/C15H23N3O3S/c1-4-7-18(9-13-6-5-8-22-13)10-14(19)17-15(20)16-12(2)11-21-3/h4-6,8,12H,1,7,9-11H2,2-3H3,(H2,16,17,19,20). The van der Waals surface area contributed by atoms with Crippen LogP contribution in [0, 0.1) is 0 Å². The molecule has 3 amide bonds. The van der Waals surface area contributed by atoms with Gasteiger partial charge in [0.25, 0.3) is 0 Å². The highest BCUT2D eigenvalue weighted by molar-refractivity contribution is 7.09. The third-order valence-electron chi connectivity index (χ3n) is 2.76. The molecule has 0 aliphatic heterocycles. The molecule has 0 aromatic carbocycles. The fourth-order valence-electron chi connectivity index (χ4n) is 1.91. The maximum Gasteiger partial charge on any atom is 0.321 e. The van der Waals surface area contributed by atoms with Gasteiger partial charge in [-0.15, -0.1) is 17.9 Å². The number of hydrogen-bond donors (Lipinski definition) is 2. The van der Waals surface area contributed by atoms with Crippen molar-refractivity contribution in [2.24, 2.45) is 0 Å². The van der Waals surface area contributed by atoms with Crippen LogP contribution in [0.2, 0.25) is 0 Å². The maximum atomic E-state index is 11.9. The molecule has 0 aliphatic carbocycles. The number of nitrogens with zero attached hydrogens (tertiary/aromatic N) is 1. The lowest BCUT2D eigenvalue weighted by molar-refractivity contribution is -0.121. The van der Waals surface area contributed by atoms with Gasteiger partial charge in [0.05, 0.1) is 19.2 Å². The van der Waals surface area contributed by atoms with E-state index in [2.05, 4.69) is 17.2 Å². The summed E-state index contributed by atoms with van der Waals surface area (Å²) in [5, 5.41) is 6.94. The highest BCUT2D eigenvalue weighted by Crippen LogP contribution is 2.11. The lowest BCUT2D eigenvalue weighted by Crippen LogP contribution is -2.47. The first-order valence-electron chi connectivity index (χ1n) is 7.00. The minimum Gasteiger partial charge on any atom is -0.383 e. The normalized spacial score (nSPS) is 12.0. The van der Waals surface area contributed by atoms with Gasteiger partial charge < -0.3 is 10.1 Å². The Balaban J connectivity index is 2.42. The van der Waals surface area contributed by atoms with E-state index in [0.717, 1.165) is 4.88 Å². The first kappa shape index (κ1) is 18.3. The number of methoxy groups -OCH3 is 1. The summed E-state index contributed by atoms with van der Waals surface area (Å²) in [4.78, 5) is 26.7. The van der Waals surface area contributed by atoms with Crippen molar-refractivity contribution >= 4 is 23.3 Å². The average Bonchev–Trinajstić information content (AvgIpc) is 2.91. The van der Waals surface area contributed by atoms with Crippen molar-refractivity contribution in [2.75, 3.05) is 26.8 Å². The third-order valence-corrected chi connectivity index (χ3v) is 3.62. The van der Waals surface area contributed by atoms with Gasteiger partial charge in [0.2, 0.25) is 5.91 Å². The van der Waals surface area contributed by atoms with Gasteiger partial charge in [0, 0.05) is 25.1 Å². The molecule has 6 nitrogen and oxygen atoms in total. The van der Waals surface area contributed by atoms with Crippen LogP contribution >= 0.6 is 11.3 Å². The van der Waals surface area contributed by atoms with Gasteiger partial charge in [-0.2, -0.15) is 0 Å². The molecule has 0 fully saturated rings. The van der Waals surface area contributed by atoms with E-state index < -0.39 is 6.03 Å². The lowest BCUT2D eigenvalue weighted by Gasteiger charge is -2.19. The van der Waals surface area contributed by atoms with Crippen LogP contribution in [-0.2, 0) is 16.1 Å². The second-order valence-corrected chi connectivity index (χ2v) is 5.95. The number of thiophene rings is 1. The van der Waals surface area contributed by atoms with Gasteiger partial charge in [0.1, 0.15) is 0 Å². The van der Waals surface area contributed by atoms with Crippen LogP contribution in [0.3, 0.4) is 0 Å². The maximum absolute atomic E-state index is 11.9. The van der Waals surface area contributed by atoms with Crippen LogP contribution in [0.4, 0.5) is 4.79 Å². The van der Waals surface area contributed by atoms with Crippen molar-refractivity contribution in [3.8, 4) is 0 Å². The molecule has 122 valence electrons. The van der Waals surface area contributed by atoms with E-state index in [9.17, 15) is 9.59 Å². The van der Waals surface area contributed by atoms with E-state index >= 15 is 0 Å². The molecule has 2 N–H and O–H groups in total. The number of ether oxygens (including phenoxy) is 1. The van der Waals surface area contributed by atoms with E-state index in [4.69, 9.17) is 4.74 Å². The van der Waals surface area contributed by atoms with Crippen LogP contribution in [0.25, 0.3) is 0 Å². The molecule has 22 heavy (non-hydrogen) atoms. The first-order chi connectivity index (χ1) is 10.5. The monoisotopic (exact) mass is 325 g/mol. The molecule has 1 atom stereocenters. The van der Waals surface area contributed by atoms with Gasteiger partial charge in [-0.1, -0.05) is 12.1 Å². The molecule has 0 aliphatic rings. The van der Waals surface area contributed by atoms with Crippen molar-refractivity contribution in [1.82, 2.24) is 15.5 Å².